The van der Waals surface area contributed by atoms with E-state index in [9.17, 15) is 8.42 Å². The van der Waals surface area contributed by atoms with E-state index < -0.39 is 10.0 Å². The van der Waals surface area contributed by atoms with Crippen LogP contribution in [-0.4, -0.2) is 37.4 Å². The molecule has 98 valence electrons. The maximum absolute atomic E-state index is 12.4. The number of nitrogens with zero attached hydrogens (tertiary/aromatic N) is 2. The van der Waals surface area contributed by atoms with Crippen LogP contribution in [0.25, 0.3) is 0 Å². The third kappa shape index (κ3) is 2.57. The van der Waals surface area contributed by atoms with Gasteiger partial charge in [0, 0.05) is 23.8 Å². The normalized spacial score (nSPS) is 18.5. The molecule has 18 heavy (non-hydrogen) atoms. The minimum absolute atomic E-state index is 0.110. The van der Waals surface area contributed by atoms with Crippen LogP contribution in [0.5, 0.6) is 5.88 Å². The highest BCUT2D eigenvalue weighted by atomic mass is 79.9. The molecular weight excluding hydrogens is 320 g/mol. The molecule has 0 saturated heterocycles. The number of fused-ring (bicyclic) bond motifs is 1. The molecule has 0 aliphatic carbocycles. The Labute approximate surface area is 115 Å². The summed E-state index contributed by atoms with van der Waals surface area (Å²) in [6, 6.07) is 1.52. The van der Waals surface area contributed by atoms with Gasteiger partial charge in [0.1, 0.15) is 11.5 Å². The van der Waals surface area contributed by atoms with E-state index in [0.717, 1.165) is 0 Å². The van der Waals surface area contributed by atoms with E-state index in [1.54, 1.807) is 6.08 Å². The molecule has 0 N–H and O–H groups in total. The van der Waals surface area contributed by atoms with Crippen molar-refractivity contribution < 1.29 is 13.2 Å². The summed E-state index contributed by atoms with van der Waals surface area (Å²) in [6.45, 7) is 4.63. The van der Waals surface area contributed by atoms with Crippen molar-refractivity contribution in [1.82, 2.24) is 9.29 Å². The third-order valence-electron chi connectivity index (χ3n) is 2.56. The maximum Gasteiger partial charge on any atom is 0.248 e. The van der Waals surface area contributed by atoms with Crippen LogP contribution >= 0.6 is 15.9 Å². The van der Waals surface area contributed by atoms with Crippen molar-refractivity contribution in [2.75, 3.05) is 19.7 Å². The molecule has 1 aliphatic rings. The van der Waals surface area contributed by atoms with Gasteiger partial charge < -0.3 is 4.74 Å². The number of hydrogen-bond acceptors (Lipinski definition) is 4. The molecule has 7 heteroatoms. The topological polar surface area (TPSA) is 59.5 Å². The van der Waals surface area contributed by atoms with Gasteiger partial charge in [-0.15, -0.1) is 6.58 Å². The summed E-state index contributed by atoms with van der Waals surface area (Å²) in [7, 11) is -3.55. The Hall–Kier alpha value is -0.920. The average Bonchev–Trinajstić information content (AvgIpc) is 2.45. The highest BCUT2D eigenvalue weighted by Gasteiger charge is 2.31. The summed E-state index contributed by atoms with van der Waals surface area (Å²) in [6.07, 6.45) is 3.82. The number of pyridine rings is 1. The summed E-state index contributed by atoms with van der Waals surface area (Å²) in [5.41, 5.74) is 0. The van der Waals surface area contributed by atoms with Crippen molar-refractivity contribution in [1.29, 1.82) is 0 Å². The lowest BCUT2D eigenvalue weighted by Crippen LogP contribution is -2.33. The molecule has 0 amide bonds. The van der Waals surface area contributed by atoms with Crippen molar-refractivity contribution in [2.24, 2.45) is 0 Å². The summed E-state index contributed by atoms with van der Waals surface area (Å²) in [4.78, 5) is 4.10. The first-order valence-electron chi connectivity index (χ1n) is 5.45. The van der Waals surface area contributed by atoms with Gasteiger partial charge >= 0.3 is 0 Å². The van der Waals surface area contributed by atoms with Gasteiger partial charge in [-0.1, -0.05) is 6.08 Å². The first-order valence-corrected chi connectivity index (χ1v) is 7.68. The van der Waals surface area contributed by atoms with Gasteiger partial charge in [-0.05, 0) is 28.4 Å². The van der Waals surface area contributed by atoms with Crippen molar-refractivity contribution in [3.63, 3.8) is 0 Å². The predicted octanol–water partition coefficient (Wildman–Crippen LogP) is 1.80. The zero-order chi connectivity index (χ0) is 13.2. The molecule has 0 bridgehead atoms. The van der Waals surface area contributed by atoms with Crippen LogP contribution in [0.4, 0.5) is 0 Å². The van der Waals surface area contributed by atoms with Crippen molar-refractivity contribution in [3.05, 3.63) is 29.4 Å². The first kappa shape index (κ1) is 13.5. The molecule has 1 aromatic rings. The van der Waals surface area contributed by atoms with E-state index in [-0.39, 0.29) is 10.8 Å². The van der Waals surface area contributed by atoms with E-state index in [1.165, 1.54) is 16.6 Å². The first-order chi connectivity index (χ1) is 8.55. The van der Waals surface area contributed by atoms with Gasteiger partial charge in [-0.25, -0.2) is 13.4 Å². The minimum atomic E-state index is -3.55. The van der Waals surface area contributed by atoms with Crippen LogP contribution in [0.15, 0.2) is 34.3 Å². The van der Waals surface area contributed by atoms with E-state index in [1.807, 2.05) is 0 Å². The molecule has 1 aliphatic heterocycles. The number of hydrogen-bond donors (Lipinski definition) is 0. The fraction of sp³-hybridized carbons (Fsp3) is 0.364. The quantitative estimate of drug-likeness (QED) is 0.792. The third-order valence-corrected chi connectivity index (χ3v) is 4.89. The Morgan fingerprint density at radius 3 is 3.11 bits per heavy atom. The van der Waals surface area contributed by atoms with Crippen LogP contribution in [0.2, 0.25) is 0 Å². The summed E-state index contributed by atoms with van der Waals surface area (Å²) < 4.78 is 32.2. The Kier molecular flexibility index (Phi) is 4.04. The molecule has 0 unspecified atom stereocenters. The predicted molar refractivity (Wildman–Crippen MR) is 71.0 cm³/mol. The molecular formula is C11H13BrN2O3S. The highest BCUT2D eigenvalue weighted by molar-refractivity contribution is 9.10. The molecule has 0 aromatic carbocycles. The van der Waals surface area contributed by atoms with E-state index in [2.05, 4.69) is 27.5 Å². The average molecular weight is 333 g/mol. The van der Waals surface area contributed by atoms with E-state index in [4.69, 9.17) is 4.74 Å². The fourth-order valence-electron chi connectivity index (χ4n) is 1.67. The lowest BCUT2D eigenvalue weighted by Gasteiger charge is -2.18. The second kappa shape index (κ2) is 5.38. The molecule has 0 fully saturated rings. The number of aromatic nitrogens is 1. The molecule has 0 spiro atoms. The molecule has 0 atom stereocenters. The summed E-state index contributed by atoms with van der Waals surface area (Å²) in [5.74, 6) is 0.166. The largest absolute Gasteiger partial charge is 0.475 e. The molecule has 1 aromatic heterocycles. The Bertz CT molecular complexity index is 559. The summed E-state index contributed by atoms with van der Waals surface area (Å²) >= 11 is 3.22. The van der Waals surface area contributed by atoms with Crippen LogP contribution < -0.4 is 4.74 Å². The second-order valence-electron chi connectivity index (χ2n) is 3.79. The van der Waals surface area contributed by atoms with E-state index >= 15 is 0 Å². The number of ether oxygens (including phenoxy) is 1. The van der Waals surface area contributed by atoms with Crippen LogP contribution in [0, 0.1) is 0 Å². The molecule has 2 heterocycles. The van der Waals surface area contributed by atoms with Crippen LogP contribution in [-0.2, 0) is 10.0 Å². The lowest BCUT2D eigenvalue weighted by atomic mass is 10.4. The Morgan fingerprint density at radius 2 is 2.39 bits per heavy atom. The van der Waals surface area contributed by atoms with Crippen molar-refractivity contribution in [2.45, 2.75) is 11.3 Å². The van der Waals surface area contributed by atoms with Gasteiger partial charge in [0.2, 0.25) is 15.9 Å². The Balaban J connectivity index is 2.44. The lowest BCUT2D eigenvalue weighted by molar-refractivity contribution is 0.273. The number of rotatable bonds is 3. The van der Waals surface area contributed by atoms with E-state index in [0.29, 0.717) is 30.6 Å². The second-order valence-corrected chi connectivity index (χ2v) is 6.61. The SMILES string of the molecule is C=CCCN1CCOc2ncc(Br)cc2S1(=O)=O. The van der Waals surface area contributed by atoms with Crippen LogP contribution in [0.1, 0.15) is 6.42 Å². The van der Waals surface area contributed by atoms with Crippen LogP contribution in [0.3, 0.4) is 0 Å². The van der Waals surface area contributed by atoms with Gasteiger partial charge in [-0.3, -0.25) is 0 Å². The zero-order valence-electron chi connectivity index (χ0n) is 9.67. The number of sulfonamides is 1. The molecule has 0 saturated carbocycles. The fourth-order valence-corrected chi connectivity index (χ4v) is 3.70. The maximum atomic E-state index is 12.4. The smallest absolute Gasteiger partial charge is 0.248 e. The van der Waals surface area contributed by atoms with Gasteiger partial charge in [-0.2, -0.15) is 4.31 Å². The van der Waals surface area contributed by atoms with Crippen molar-refractivity contribution >= 4 is 26.0 Å². The standard InChI is InChI=1S/C11H13BrN2O3S/c1-2-3-4-14-5-6-17-11-10(18(14,15)16)7-9(12)8-13-11/h2,7-8H,1,3-6H2. The number of halogens is 1. The highest BCUT2D eigenvalue weighted by Crippen LogP contribution is 2.29. The minimum Gasteiger partial charge on any atom is -0.475 e. The Morgan fingerprint density at radius 1 is 1.61 bits per heavy atom. The van der Waals surface area contributed by atoms with Gasteiger partial charge in [0.05, 0.1) is 0 Å². The van der Waals surface area contributed by atoms with Gasteiger partial charge in [0.25, 0.3) is 0 Å². The molecule has 2 rings (SSSR count). The zero-order valence-corrected chi connectivity index (χ0v) is 12.1. The molecule has 5 nitrogen and oxygen atoms in total. The van der Waals surface area contributed by atoms with Gasteiger partial charge in [0.15, 0.2) is 0 Å². The monoisotopic (exact) mass is 332 g/mol. The summed E-state index contributed by atoms with van der Waals surface area (Å²) in [5, 5.41) is 0. The van der Waals surface area contributed by atoms with Crippen molar-refractivity contribution in [3.8, 4) is 5.88 Å². The molecule has 0 radical (unpaired) electrons.